The zero-order valence-electron chi connectivity index (χ0n) is 26.7. The fourth-order valence-corrected chi connectivity index (χ4v) is 8.01. The molecule has 0 bridgehead atoms. The van der Waals surface area contributed by atoms with E-state index < -0.39 is 0 Å². The van der Waals surface area contributed by atoms with Crippen molar-refractivity contribution < 1.29 is 4.42 Å². The molecule has 5 heteroatoms. The van der Waals surface area contributed by atoms with Gasteiger partial charge in [-0.3, -0.25) is 0 Å². The third-order valence-electron chi connectivity index (χ3n) is 9.37. The van der Waals surface area contributed by atoms with Crippen LogP contribution in [0.5, 0.6) is 0 Å². The van der Waals surface area contributed by atoms with E-state index in [4.69, 9.17) is 19.4 Å². The lowest BCUT2D eigenvalue weighted by Gasteiger charge is -2.11. The minimum Gasteiger partial charge on any atom is -0.455 e. The van der Waals surface area contributed by atoms with Gasteiger partial charge in [-0.2, -0.15) is 0 Å². The van der Waals surface area contributed by atoms with Crippen molar-refractivity contribution in [1.29, 1.82) is 0 Å². The number of para-hydroxylation sites is 1. The monoisotopic (exact) mass is 657 g/mol. The molecule has 3 heterocycles. The maximum absolute atomic E-state index is 6.70. The van der Waals surface area contributed by atoms with Crippen LogP contribution in [0.1, 0.15) is 0 Å². The van der Waals surface area contributed by atoms with Crippen molar-refractivity contribution in [2.45, 2.75) is 0 Å². The Labute approximate surface area is 292 Å². The fourth-order valence-electron chi connectivity index (χ4n) is 6.92. The molecule has 4 nitrogen and oxygen atoms in total. The second kappa shape index (κ2) is 11.6. The van der Waals surface area contributed by atoms with E-state index in [0.29, 0.717) is 17.5 Å². The van der Waals surface area contributed by atoms with Crippen LogP contribution in [0.2, 0.25) is 0 Å². The van der Waals surface area contributed by atoms with Gasteiger partial charge in [-0.05, 0) is 53.1 Å². The lowest BCUT2D eigenvalue weighted by molar-refractivity contribution is 0.670. The quantitative estimate of drug-likeness (QED) is 0.185. The molecule has 0 aliphatic heterocycles. The first kappa shape index (κ1) is 28.6. The molecular formula is C45H27N3OS. The number of aromatic nitrogens is 3. The molecule has 7 aromatic carbocycles. The summed E-state index contributed by atoms with van der Waals surface area (Å²) in [5.41, 5.74) is 8.85. The lowest BCUT2D eigenvalue weighted by atomic mass is 9.97. The van der Waals surface area contributed by atoms with Gasteiger partial charge in [0.15, 0.2) is 17.5 Å². The molecule has 0 aliphatic rings. The van der Waals surface area contributed by atoms with E-state index in [1.165, 1.54) is 25.7 Å². The summed E-state index contributed by atoms with van der Waals surface area (Å²) in [5, 5.41) is 4.54. The zero-order chi connectivity index (χ0) is 33.0. The predicted molar refractivity (Wildman–Crippen MR) is 207 cm³/mol. The average molecular weight is 658 g/mol. The number of hydrogen-bond donors (Lipinski definition) is 0. The molecule has 10 aromatic rings. The van der Waals surface area contributed by atoms with Crippen LogP contribution < -0.4 is 0 Å². The van der Waals surface area contributed by atoms with E-state index in [1.54, 1.807) is 0 Å². The molecule has 0 unspecified atom stereocenters. The minimum absolute atomic E-state index is 0.600. The van der Waals surface area contributed by atoms with Gasteiger partial charge >= 0.3 is 0 Å². The molecule has 0 radical (unpaired) electrons. The average Bonchev–Trinajstić information content (AvgIpc) is 3.77. The standard InChI is InChI=1S/C45H27N3OS/c1-3-11-28(12-4-1)29-19-21-31(22-20-29)44-46-43(30-13-5-2-6-14-30)47-45(48-44)36-25-24-33(42-41(36)35-16-7-9-17-38(35)49-42)32-23-26-40-37(27-32)34-15-8-10-18-39(34)50-40/h1-27H. The van der Waals surface area contributed by atoms with Crippen LogP contribution in [0, 0.1) is 0 Å². The number of nitrogens with zero attached hydrogens (tertiary/aromatic N) is 3. The van der Waals surface area contributed by atoms with Crippen LogP contribution in [0.3, 0.4) is 0 Å². The largest absolute Gasteiger partial charge is 0.455 e. The number of fused-ring (bicyclic) bond motifs is 6. The molecule has 10 rings (SSSR count). The number of furan rings is 1. The number of hydrogen-bond acceptors (Lipinski definition) is 5. The molecule has 0 fully saturated rings. The Kier molecular flexibility index (Phi) is 6.64. The summed E-state index contributed by atoms with van der Waals surface area (Å²) in [6.07, 6.45) is 0. The maximum Gasteiger partial charge on any atom is 0.164 e. The van der Waals surface area contributed by atoms with Crippen LogP contribution in [-0.4, -0.2) is 15.0 Å². The van der Waals surface area contributed by atoms with Crippen molar-refractivity contribution in [3.05, 3.63) is 164 Å². The summed E-state index contributed by atoms with van der Waals surface area (Å²) in [7, 11) is 0. The van der Waals surface area contributed by atoms with Crippen LogP contribution in [0.15, 0.2) is 168 Å². The fraction of sp³-hybridized carbons (Fsp3) is 0. The van der Waals surface area contributed by atoms with E-state index in [0.717, 1.165) is 55.3 Å². The molecule has 234 valence electrons. The third-order valence-corrected chi connectivity index (χ3v) is 10.5. The predicted octanol–water partition coefficient (Wildman–Crippen LogP) is 12.5. The maximum atomic E-state index is 6.70. The summed E-state index contributed by atoms with van der Waals surface area (Å²) in [5.74, 6) is 1.84. The lowest BCUT2D eigenvalue weighted by Crippen LogP contribution is -2.00. The van der Waals surface area contributed by atoms with E-state index >= 15 is 0 Å². The molecule has 0 N–H and O–H groups in total. The van der Waals surface area contributed by atoms with Gasteiger partial charge in [0.1, 0.15) is 11.2 Å². The van der Waals surface area contributed by atoms with Gasteiger partial charge in [0.05, 0.1) is 0 Å². The van der Waals surface area contributed by atoms with E-state index in [1.807, 2.05) is 59.9 Å². The molecule has 0 saturated carbocycles. The number of benzene rings is 7. The van der Waals surface area contributed by atoms with Gasteiger partial charge in [-0.25, -0.2) is 15.0 Å². The smallest absolute Gasteiger partial charge is 0.164 e. The Bertz CT molecular complexity index is 2860. The van der Waals surface area contributed by atoms with E-state index in [2.05, 4.69) is 115 Å². The van der Waals surface area contributed by atoms with E-state index in [9.17, 15) is 0 Å². The van der Waals surface area contributed by atoms with Crippen molar-refractivity contribution in [3.63, 3.8) is 0 Å². The first-order chi connectivity index (χ1) is 24.8. The Hall–Kier alpha value is -6.43. The zero-order valence-corrected chi connectivity index (χ0v) is 27.6. The van der Waals surface area contributed by atoms with Crippen LogP contribution in [0.25, 0.3) is 98.5 Å². The molecule has 0 atom stereocenters. The summed E-state index contributed by atoms with van der Waals surface area (Å²) < 4.78 is 9.26. The van der Waals surface area contributed by atoms with Crippen molar-refractivity contribution in [3.8, 4) is 56.4 Å². The van der Waals surface area contributed by atoms with Gasteiger partial charge in [-0.1, -0.05) is 127 Å². The van der Waals surface area contributed by atoms with Crippen molar-refractivity contribution in [2.24, 2.45) is 0 Å². The third kappa shape index (κ3) is 4.79. The van der Waals surface area contributed by atoms with Crippen LogP contribution in [-0.2, 0) is 0 Å². The van der Waals surface area contributed by atoms with Crippen molar-refractivity contribution in [1.82, 2.24) is 15.0 Å². The SMILES string of the molecule is c1ccc(-c2ccc(-c3nc(-c4ccccc4)nc(-c4ccc(-c5ccc6sc7ccccc7c6c5)c5oc6ccccc6c45)n3)cc2)cc1. The molecular weight excluding hydrogens is 631 g/mol. The Balaban J connectivity index is 1.18. The van der Waals surface area contributed by atoms with Crippen molar-refractivity contribution >= 4 is 53.4 Å². The minimum atomic E-state index is 0.600. The van der Waals surface area contributed by atoms with Gasteiger partial charge in [0, 0.05) is 53.2 Å². The molecule has 0 spiro atoms. The highest BCUT2D eigenvalue weighted by Crippen LogP contribution is 2.43. The van der Waals surface area contributed by atoms with Gasteiger partial charge in [0.25, 0.3) is 0 Å². The number of rotatable bonds is 5. The Morgan fingerprint density at radius 3 is 1.70 bits per heavy atom. The Morgan fingerprint density at radius 2 is 0.920 bits per heavy atom. The second-order valence-corrected chi connectivity index (χ2v) is 13.5. The van der Waals surface area contributed by atoms with Crippen LogP contribution in [0.4, 0.5) is 0 Å². The molecule has 3 aromatic heterocycles. The van der Waals surface area contributed by atoms with Gasteiger partial charge < -0.3 is 4.42 Å². The van der Waals surface area contributed by atoms with E-state index in [-0.39, 0.29) is 0 Å². The normalized spacial score (nSPS) is 11.6. The van der Waals surface area contributed by atoms with Crippen LogP contribution >= 0.6 is 11.3 Å². The summed E-state index contributed by atoms with van der Waals surface area (Å²) >= 11 is 1.83. The first-order valence-electron chi connectivity index (χ1n) is 16.6. The second-order valence-electron chi connectivity index (χ2n) is 12.4. The molecule has 0 amide bonds. The first-order valence-corrected chi connectivity index (χ1v) is 17.4. The van der Waals surface area contributed by atoms with Gasteiger partial charge in [0.2, 0.25) is 0 Å². The summed E-state index contributed by atoms with van der Waals surface area (Å²) in [4.78, 5) is 15.3. The van der Waals surface area contributed by atoms with Crippen molar-refractivity contribution in [2.75, 3.05) is 0 Å². The highest BCUT2D eigenvalue weighted by molar-refractivity contribution is 7.25. The molecule has 0 saturated heterocycles. The Morgan fingerprint density at radius 1 is 0.380 bits per heavy atom. The molecule has 50 heavy (non-hydrogen) atoms. The highest BCUT2D eigenvalue weighted by Gasteiger charge is 2.21. The topological polar surface area (TPSA) is 51.8 Å². The number of thiophene rings is 1. The molecule has 0 aliphatic carbocycles. The van der Waals surface area contributed by atoms with Gasteiger partial charge in [-0.15, -0.1) is 11.3 Å². The highest BCUT2D eigenvalue weighted by atomic mass is 32.1. The summed E-state index contributed by atoms with van der Waals surface area (Å²) in [6.45, 7) is 0. The summed E-state index contributed by atoms with van der Waals surface area (Å²) in [6, 6.07) is 56.8.